The van der Waals surface area contributed by atoms with Crippen LogP contribution in [0.25, 0.3) is 0 Å². The smallest absolute Gasteiger partial charge is 0.325 e. The van der Waals surface area contributed by atoms with Gasteiger partial charge in [0.15, 0.2) is 0 Å². The van der Waals surface area contributed by atoms with Gasteiger partial charge in [-0.1, -0.05) is 35.5 Å². The van der Waals surface area contributed by atoms with E-state index in [1.54, 1.807) is 20.8 Å². The van der Waals surface area contributed by atoms with Crippen molar-refractivity contribution in [2.24, 2.45) is 0 Å². The van der Waals surface area contributed by atoms with E-state index < -0.39 is 11.6 Å². The molecule has 0 bridgehead atoms. The number of nitrogens with zero attached hydrogens (tertiary/aromatic N) is 2. The van der Waals surface area contributed by atoms with Crippen LogP contribution in [0.3, 0.4) is 0 Å². The number of carbonyl (C=O) groups is 2. The second-order valence-corrected chi connectivity index (χ2v) is 5.62. The van der Waals surface area contributed by atoms with Crippen molar-refractivity contribution in [1.82, 2.24) is 15.4 Å². The average molecular weight is 299 g/mol. The van der Waals surface area contributed by atoms with Gasteiger partial charge in [-0.3, -0.25) is 9.69 Å². The number of rotatable bonds is 3. The van der Waals surface area contributed by atoms with Crippen molar-refractivity contribution in [2.75, 3.05) is 0 Å². The predicted octanol–water partition coefficient (Wildman–Crippen LogP) is 2.26. The molecule has 1 aliphatic heterocycles. The quantitative estimate of drug-likeness (QED) is 0.882. The van der Waals surface area contributed by atoms with Crippen LogP contribution >= 0.6 is 0 Å². The molecule has 1 N–H and O–H groups in total. The second kappa shape index (κ2) is 4.98. The lowest BCUT2D eigenvalue weighted by atomic mass is 9.92. The lowest BCUT2D eigenvalue weighted by Gasteiger charge is -2.22. The fourth-order valence-electron chi connectivity index (χ4n) is 2.69. The first-order chi connectivity index (χ1) is 10.4. The monoisotopic (exact) mass is 299 g/mol. The van der Waals surface area contributed by atoms with E-state index in [4.69, 9.17) is 4.52 Å². The summed E-state index contributed by atoms with van der Waals surface area (Å²) in [6.45, 7) is 5.44. The molecular weight excluding hydrogens is 282 g/mol. The molecule has 0 radical (unpaired) electrons. The molecule has 3 rings (SSSR count). The first kappa shape index (κ1) is 14.3. The van der Waals surface area contributed by atoms with Crippen LogP contribution in [0.2, 0.25) is 0 Å². The van der Waals surface area contributed by atoms with Crippen LogP contribution in [-0.2, 0) is 16.9 Å². The van der Waals surface area contributed by atoms with Gasteiger partial charge in [0.05, 0.1) is 12.2 Å². The molecule has 0 spiro atoms. The number of aromatic nitrogens is 1. The summed E-state index contributed by atoms with van der Waals surface area (Å²) in [7, 11) is 0. The van der Waals surface area contributed by atoms with Crippen LogP contribution in [0.5, 0.6) is 0 Å². The summed E-state index contributed by atoms with van der Waals surface area (Å²) < 4.78 is 5.09. The fraction of sp³-hybridized carbons (Fsp3) is 0.312. The minimum absolute atomic E-state index is 0.161. The summed E-state index contributed by atoms with van der Waals surface area (Å²) in [6, 6.07) is 8.81. The number of hydrogen-bond donors (Lipinski definition) is 1. The molecule has 0 unspecified atom stereocenters. The summed E-state index contributed by atoms with van der Waals surface area (Å²) >= 11 is 0. The van der Waals surface area contributed by atoms with E-state index in [1.165, 1.54) is 4.90 Å². The number of aryl methyl sites for hydroxylation is 2. The Balaban J connectivity index is 1.92. The first-order valence-electron chi connectivity index (χ1n) is 7.05. The Kier molecular flexibility index (Phi) is 3.24. The molecule has 22 heavy (non-hydrogen) atoms. The maximum Gasteiger partial charge on any atom is 0.325 e. The van der Waals surface area contributed by atoms with E-state index >= 15 is 0 Å². The molecular formula is C16H17N3O3. The van der Waals surface area contributed by atoms with E-state index in [1.807, 2.05) is 30.3 Å². The van der Waals surface area contributed by atoms with Gasteiger partial charge in [0, 0.05) is 5.56 Å². The maximum absolute atomic E-state index is 12.8. The number of carbonyl (C=O) groups excluding carboxylic acids is 2. The van der Waals surface area contributed by atoms with Crippen LogP contribution in [0.4, 0.5) is 4.79 Å². The van der Waals surface area contributed by atoms with Crippen LogP contribution in [0, 0.1) is 13.8 Å². The third-order valence-corrected chi connectivity index (χ3v) is 4.12. The van der Waals surface area contributed by atoms with Crippen molar-refractivity contribution >= 4 is 11.9 Å². The minimum Gasteiger partial charge on any atom is -0.361 e. The summed E-state index contributed by atoms with van der Waals surface area (Å²) in [6.07, 6.45) is 0. The average Bonchev–Trinajstić information content (AvgIpc) is 2.94. The van der Waals surface area contributed by atoms with E-state index in [9.17, 15) is 9.59 Å². The molecule has 0 aliphatic carbocycles. The van der Waals surface area contributed by atoms with E-state index in [0.29, 0.717) is 11.5 Å². The lowest BCUT2D eigenvalue weighted by molar-refractivity contribution is -0.131. The van der Waals surface area contributed by atoms with E-state index in [2.05, 4.69) is 10.5 Å². The number of urea groups is 1. The fourth-order valence-corrected chi connectivity index (χ4v) is 2.69. The molecule has 1 aromatic carbocycles. The van der Waals surface area contributed by atoms with E-state index in [-0.39, 0.29) is 12.5 Å². The van der Waals surface area contributed by atoms with Gasteiger partial charge >= 0.3 is 6.03 Å². The third kappa shape index (κ3) is 2.07. The zero-order valence-corrected chi connectivity index (χ0v) is 12.7. The highest BCUT2D eigenvalue weighted by Crippen LogP contribution is 2.30. The molecule has 6 heteroatoms. The Bertz CT molecular complexity index is 719. The number of hydrogen-bond acceptors (Lipinski definition) is 4. The summed E-state index contributed by atoms with van der Waals surface area (Å²) in [4.78, 5) is 26.3. The molecule has 2 heterocycles. The highest BCUT2D eigenvalue weighted by Gasteiger charge is 2.49. The highest BCUT2D eigenvalue weighted by molar-refractivity contribution is 6.07. The molecule has 1 atom stereocenters. The summed E-state index contributed by atoms with van der Waals surface area (Å²) in [5.41, 5.74) is 1.17. The van der Waals surface area contributed by atoms with Crippen molar-refractivity contribution < 1.29 is 14.1 Å². The van der Waals surface area contributed by atoms with Crippen LogP contribution < -0.4 is 5.32 Å². The van der Waals surface area contributed by atoms with Crippen LogP contribution in [0.15, 0.2) is 34.9 Å². The van der Waals surface area contributed by atoms with Gasteiger partial charge in [0.2, 0.25) is 0 Å². The van der Waals surface area contributed by atoms with E-state index in [0.717, 1.165) is 11.1 Å². The predicted molar refractivity (Wildman–Crippen MR) is 78.9 cm³/mol. The number of nitrogens with one attached hydrogen (secondary N) is 1. The Morgan fingerprint density at radius 1 is 1.23 bits per heavy atom. The summed E-state index contributed by atoms with van der Waals surface area (Å²) in [5.74, 6) is 0.343. The minimum atomic E-state index is -1.04. The standard InChI is InChI=1S/C16H17N3O3/c1-10-13(11(2)22-18-10)9-19-14(20)16(3,17-15(19)21)12-7-5-4-6-8-12/h4-8H,9H2,1-3H3,(H,17,21)/t16-/m1/s1. The van der Waals surface area contributed by atoms with Crippen molar-refractivity contribution in [2.45, 2.75) is 32.9 Å². The third-order valence-electron chi connectivity index (χ3n) is 4.12. The number of imide groups is 1. The molecule has 114 valence electrons. The Morgan fingerprint density at radius 3 is 2.50 bits per heavy atom. The van der Waals surface area contributed by atoms with Gasteiger partial charge in [-0.15, -0.1) is 0 Å². The largest absolute Gasteiger partial charge is 0.361 e. The van der Waals surface area contributed by atoms with Crippen molar-refractivity contribution in [3.05, 3.63) is 52.9 Å². The molecule has 1 fully saturated rings. The van der Waals surface area contributed by atoms with Gasteiger partial charge in [-0.2, -0.15) is 0 Å². The zero-order valence-electron chi connectivity index (χ0n) is 12.7. The SMILES string of the molecule is Cc1noc(C)c1CN1C(=O)N[C@](C)(c2ccccc2)C1=O. The molecule has 1 aliphatic rings. The van der Waals surface area contributed by atoms with Gasteiger partial charge in [0.25, 0.3) is 5.91 Å². The van der Waals surface area contributed by atoms with Gasteiger partial charge in [-0.25, -0.2) is 4.79 Å². The van der Waals surface area contributed by atoms with Crippen LogP contribution in [-0.4, -0.2) is 22.0 Å². The van der Waals surface area contributed by atoms with Crippen molar-refractivity contribution in [3.63, 3.8) is 0 Å². The van der Waals surface area contributed by atoms with Gasteiger partial charge < -0.3 is 9.84 Å². The van der Waals surface area contributed by atoms with Crippen LogP contribution in [0.1, 0.15) is 29.5 Å². The van der Waals surface area contributed by atoms with Crippen molar-refractivity contribution in [1.29, 1.82) is 0 Å². The molecule has 2 aromatic rings. The van der Waals surface area contributed by atoms with Gasteiger partial charge in [0.1, 0.15) is 11.3 Å². The zero-order chi connectivity index (χ0) is 15.9. The lowest BCUT2D eigenvalue weighted by Crippen LogP contribution is -2.40. The molecule has 1 saturated heterocycles. The second-order valence-electron chi connectivity index (χ2n) is 5.62. The summed E-state index contributed by atoms with van der Waals surface area (Å²) in [5, 5.41) is 6.64. The Morgan fingerprint density at radius 2 is 1.91 bits per heavy atom. The molecule has 1 aromatic heterocycles. The van der Waals surface area contributed by atoms with Crippen molar-refractivity contribution in [3.8, 4) is 0 Å². The number of amides is 3. The van der Waals surface area contributed by atoms with Gasteiger partial charge in [-0.05, 0) is 26.3 Å². The normalized spacial score (nSPS) is 21.3. The molecule has 3 amide bonds. The topological polar surface area (TPSA) is 75.4 Å². The first-order valence-corrected chi connectivity index (χ1v) is 7.05. The molecule has 0 saturated carbocycles. The number of benzene rings is 1. The maximum atomic E-state index is 12.8. The Hall–Kier alpha value is -2.63. The Labute approximate surface area is 128 Å². The molecule has 6 nitrogen and oxygen atoms in total. The highest BCUT2D eigenvalue weighted by atomic mass is 16.5.